The molecule has 0 aromatic rings. The highest BCUT2D eigenvalue weighted by atomic mass is 16.6. The van der Waals surface area contributed by atoms with Crippen LogP contribution in [0.4, 0.5) is 0 Å². The maximum Gasteiger partial charge on any atom is 0.0972 e. The predicted octanol–water partition coefficient (Wildman–Crippen LogP) is 3.60. The minimum atomic E-state index is -0.151. The van der Waals surface area contributed by atoms with Crippen LogP contribution in [0.25, 0.3) is 0 Å². The molecule has 2 aliphatic rings. The molecule has 3 heteroatoms. The van der Waals surface area contributed by atoms with Crippen molar-refractivity contribution in [2.45, 2.75) is 76.8 Å². The molecule has 2 fully saturated rings. The molecule has 0 aromatic heterocycles. The number of hydrogen-bond donors (Lipinski definition) is 0. The van der Waals surface area contributed by atoms with Crippen molar-refractivity contribution in [1.29, 1.82) is 5.26 Å². The van der Waals surface area contributed by atoms with Crippen LogP contribution in [0.3, 0.4) is 0 Å². The van der Waals surface area contributed by atoms with Crippen LogP contribution in [0, 0.1) is 17.2 Å². The van der Waals surface area contributed by atoms with Crippen molar-refractivity contribution in [1.82, 2.24) is 0 Å². The molecule has 3 nitrogen and oxygen atoms in total. The third-order valence-corrected chi connectivity index (χ3v) is 4.58. The smallest absolute Gasteiger partial charge is 0.0972 e. The summed E-state index contributed by atoms with van der Waals surface area (Å²) in [7, 11) is 0. The molecule has 2 aliphatic heterocycles. The molecule has 0 aliphatic carbocycles. The molecule has 0 amide bonds. The van der Waals surface area contributed by atoms with E-state index >= 15 is 0 Å². The summed E-state index contributed by atoms with van der Waals surface area (Å²) in [6.45, 7) is 10.2. The molecule has 0 saturated carbocycles. The highest BCUT2D eigenvalue weighted by Crippen LogP contribution is 2.45. The molecule has 5 atom stereocenters. The number of fused-ring (bicyclic) bond motifs is 1. The normalized spacial score (nSPS) is 39.4. The van der Waals surface area contributed by atoms with Crippen molar-refractivity contribution in [3.05, 3.63) is 12.2 Å². The van der Waals surface area contributed by atoms with Gasteiger partial charge in [0.15, 0.2) is 0 Å². The number of hydrogen-bond acceptors (Lipinski definition) is 3. The van der Waals surface area contributed by atoms with Crippen molar-refractivity contribution < 1.29 is 9.47 Å². The van der Waals surface area contributed by atoms with Gasteiger partial charge in [-0.15, -0.1) is 0 Å². The van der Waals surface area contributed by atoms with Crippen molar-refractivity contribution in [2.75, 3.05) is 0 Å². The molecular formula is C16H25NO2. The molecule has 19 heavy (non-hydrogen) atoms. The maximum atomic E-state index is 8.95. The van der Waals surface area contributed by atoms with Crippen LogP contribution in [-0.4, -0.2) is 23.9 Å². The third-order valence-electron chi connectivity index (χ3n) is 4.58. The highest BCUT2D eigenvalue weighted by Gasteiger charge is 2.51. The van der Waals surface area contributed by atoms with E-state index in [-0.39, 0.29) is 29.8 Å². The van der Waals surface area contributed by atoms with Gasteiger partial charge in [-0.25, -0.2) is 0 Å². The highest BCUT2D eigenvalue weighted by molar-refractivity contribution is 5.10. The Morgan fingerprint density at radius 1 is 1.53 bits per heavy atom. The fraction of sp³-hybridized carbons (Fsp3) is 0.812. The molecule has 2 heterocycles. The summed E-state index contributed by atoms with van der Waals surface area (Å²) in [4.78, 5) is 0. The topological polar surface area (TPSA) is 42.2 Å². The van der Waals surface area contributed by atoms with Crippen LogP contribution in [-0.2, 0) is 9.47 Å². The number of nitriles is 1. The van der Waals surface area contributed by atoms with Crippen LogP contribution in [0.2, 0.25) is 0 Å². The van der Waals surface area contributed by atoms with Gasteiger partial charge < -0.3 is 9.47 Å². The second-order valence-electron chi connectivity index (χ2n) is 6.17. The summed E-state index contributed by atoms with van der Waals surface area (Å²) in [6.07, 6.45) is 5.31. The Morgan fingerprint density at radius 2 is 2.26 bits per heavy atom. The van der Waals surface area contributed by atoms with Gasteiger partial charge >= 0.3 is 0 Å². The first-order valence-corrected chi connectivity index (χ1v) is 7.39. The van der Waals surface area contributed by atoms with Gasteiger partial charge in [-0.1, -0.05) is 19.1 Å². The Bertz CT molecular complexity index is 387. The van der Waals surface area contributed by atoms with Crippen molar-refractivity contribution in [3.63, 3.8) is 0 Å². The van der Waals surface area contributed by atoms with Gasteiger partial charge in [-0.3, -0.25) is 0 Å². The van der Waals surface area contributed by atoms with E-state index in [0.29, 0.717) is 0 Å². The van der Waals surface area contributed by atoms with Gasteiger partial charge in [-0.2, -0.15) is 5.26 Å². The summed E-state index contributed by atoms with van der Waals surface area (Å²) in [6, 6.07) is 2.30. The van der Waals surface area contributed by atoms with E-state index in [9.17, 15) is 0 Å². The average molecular weight is 263 g/mol. The van der Waals surface area contributed by atoms with E-state index in [1.807, 2.05) is 13.8 Å². The standard InChI is InChI=1S/C16H25NO2/c1-5-16-9-14(11(2)3)18-15(16)7-6-13(19-16)8-12(4)10-17/h12-15H,2,5-9H2,1,3-4H3/t12-,13-,14-,15+,16+/m1/s1. The molecule has 0 N–H and O–H groups in total. The first-order chi connectivity index (χ1) is 9.00. The zero-order valence-electron chi connectivity index (χ0n) is 12.3. The average Bonchev–Trinajstić information content (AvgIpc) is 2.78. The minimum absolute atomic E-state index is 0.0646. The Hall–Kier alpha value is -0.850. The lowest BCUT2D eigenvalue weighted by atomic mass is 9.83. The molecule has 0 radical (unpaired) electrons. The molecule has 0 bridgehead atoms. The number of ether oxygens (including phenoxy) is 2. The van der Waals surface area contributed by atoms with Gasteiger partial charge in [0, 0.05) is 12.3 Å². The fourth-order valence-electron chi connectivity index (χ4n) is 3.36. The number of rotatable bonds is 4. The Kier molecular flexibility index (Phi) is 4.32. The lowest BCUT2D eigenvalue weighted by Crippen LogP contribution is -2.48. The monoisotopic (exact) mass is 263 g/mol. The summed E-state index contributed by atoms with van der Waals surface area (Å²) in [5.41, 5.74) is 0.939. The van der Waals surface area contributed by atoms with E-state index in [1.165, 1.54) is 0 Å². The van der Waals surface area contributed by atoms with Crippen molar-refractivity contribution in [3.8, 4) is 6.07 Å². The van der Waals surface area contributed by atoms with Gasteiger partial charge in [0.1, 0.15) is 0 Å². The zero-order chi connectivity index (χ0) is 14.0. The maximum absolute atomic E-state index is 8.95. The van der Waals surface area contributed by atoms with Gasteiger partial charge in [0.2, 0.25) is 0 Å². The van der Waals surface area contributed by atoms with Crippen molar-refractivity contribution >= 4 is 0 Å². The molecule has 2 rings (SSSR count). The van der Waals surface area contributed by atoms with E-state index in [0.717, 1.165) is 37.7 Å². The SMILES string of the molecule is C=C(C)[C@H]1C[C@]2(CC)O[C@@H](C[C@@H](C)C#N)CC[C@@H]2O1. The zero-order valence-corrected chi connectivity index (χ0v) is 12.3. The quantitative estimate of drug-likeness (QED) is 0.728. The second kappa shape index (κ2) is 5.64. The molecule has 2 saturated heterocycles. The molecule has 0 spiro atoms. The largest absolute Gasteiger partial charge is 0.369 e. The van der Waals surface area contributed by atoms with E-state index in [4.69, 9.17) is 14.7 Å². The lowest BCUT2D eigenvalue weighted by molar-refractivity contribution is -0.169. The van der Waals surface area contributed by atoms with Gasteiger partial charge in [-0.05, 0) is 39.5 Å². The lowest BCUT2D eigenvalue weighted by Gasteiger charge is -2.42. The van der Waals surface area contributed by atoms with Crippen LogP contribution in [0.15, 0.2) is 12.2 Å². The van der Waals surface area contributed by atoms with Gasteiger partial charge in [0.05, 0.1) is 30.0 Å². The van der Waals surface area contributed by atoms with Crippen LogP contribution >= 0.6 is 0 Å². The minimum Gasteiger partial charge on any atom is -0.369 e. The van der Waals surface area contributed by atoms with Gasteiger partial charge in [0.25, 0.3) is 0 Å². The third kappa shape index (κ3) is 2.85. The predicted molar refractivity (Wildman–Crippen MR) is 74.6 cm³/mol. The van der Waals surface area contributed by atoms with E-state index in [2.05, 4.69) is 19.6 Å². The summed E-state index contributed by atoms with van der Waals surface area (Å²) >= 11 is 0. The molecule has 0 unspecified atom stereocenters. The van der Waals surface area contributed by atoms with E-state index < -0.39 is 0 Å². The van der Waals surface area contributed by atoms with Crippen LogP contribution in [0.5, 0.6) is 0 Å². The Labute approximate surface area is 116 Å². The summed E-state index contributed by atoms with van der Waals surface area (Å²) in [5.74, 6) is 0.0646. The first kappa shape index (κ1) is 14.6. The van der Waals surface area contributed by atoms with Crippen molar-refractivity contribution in [2.24, 2.45) is 5.92 Å². The Balaban J connectivity index is 2.06. The number of nitrogens with zero attached hydrogens (tertiary/aromatic N) is 1. The summed E-state index contributed by atoms with van der Waals surface area (Å²) < 4.78 is 12.5. The fourth-order valence-corrected chi connectivity index (χ4v) is 3.36. The first-order valence-electron chi connectivity index (χ1n) is 7.39. The molecular weight excluding hydrogens is 238 g/mol. The van der Waals surface area contributed by atoms with Crippen LogP contribution in [0.1, 0.15) is 52.9 Å². The summed E-state index contributed by atoms with van der Waals surface area (Å²) in [5, 5.41) is 8.95. The second-order valence-corrected chi connectivity index (χ2v) is 6.17. The van der Waals surface area contributed by atoms with Crippen LogP contribution < -0.4 is 0 Å². The Morgan fingerprint density at radius 3 is 2.84 bits per heavy atom. The molecule has 0 aromatic carbocycles. The molecule has 106 valence electrons. The van der Waals surface area contributed by atoms with E-state index in [1.54, 1.807) is 0 Å².